The number of aromatic nitrogens is 3. The highest BCUT2D eigenvalue weighted by Crippen LogP contribution is 2.24. The van der Waals surface area contributed by atoms with Crippen LogP contribution in [0.5, 0.6) is 0 Å². The van der Waals surface area contributed by atoms with Gasteiger partial charge in [0.15, 0.2) is 9.84 Å². The molecule has 2 rings (SSSR count). The van der Waals surface area contributed by atoms with Gasteiger partial charge in [-0.15, -0.1) is 0 Å². The fourth-order valence-electron chi connectivity index (χ4n) is 2.08. The van der Waals surface area contributed by atoms with Crippen LogP contribution in [0.2, 0.25) is 0 Å². The highest BCUT2D eigenvalue weighted by Gasteiger charge is 2.18. The minimum Gasteiger partial charge on any atom is -0.311 e. The number of rotatable bonds is 8. The molecule has 1 heterocycles. The van der Waals surface area contributed by atoms with Gasteiger partial charge in [-0.2, -0.15) is 32.2 Å². The number of hydrogen-bond donors (Lipinski definition) is 1. The first kappa shape index (κ1) is 21.0. The molecular weight excluding hydrogens is 410 g/mol. The summed E-state index contributed by atoms with van der Waals surface area (Å²) < 4.78 is 84.0. The standard InChI is InChI=1S/C13H14F2N4O6S2/c1-2-19(13-17-11(14)16-12(15)18-13)9-3-5-10(6-4-9)26(20,21)8-7-25-27(22,23)24/h3-6H,2,7-8H2,1H3,(H,22,23,24). The van der Waals surface area contributed by atoms with Crippen molar-refractivity contribution in [3.05, 3.63) is 36.4 Å². The zero-order chi connectivity index (χ0) is 20.2. The van der Waals surface area contributed by atoms with Crippen LogP contribution in [0.3, 0.4) is 0 Å². The van der Waals surface area contributed by atoms with Crippen molar-refractivity contribution < 1.29 is 34.4 Å². The molecule has 0 amide bonds. The van der Waals surface area contributed by atoms with Gasteiger partial charge < -0.3 is 4.90 Å². The Balaban J connectivity index is 2.22. The van der Waals surface area contributed by atoms with Crippen LogP contribution >= 0.6 is 0 Å². The summed E-state index contributed by atoms with van der Waals surface area (Å²) >= 11 is 0. The summed E-state index contributed by atoms with van der Waals surface area (Å²) in [4.78, 5) is 10.8. The topological polar surface area (TPSA) is 140 Å². The molecule has 0 radical (unpaired) electrons. The Morgan fingerprint density at radius 1 is 1.04 bits per heavy atom. The lowest BCUT2D eigenvalue weighted by Gasteiger charge is -2.20. The van der Waals surface area contributed by atoms with Gasteiger partial charge >= 0.3 is 22.6 Å². The van der Waals surface area contributed by atoms with Gasteiger partial charge in [-0.1, -0.05) is 0 Å². The summed E-state index contributed by atoms with van der Waals surface area (Å²) in [6.45, 7) is 1.13. The first-order valence-electron chi connectivity index (χ1n) is 7.31. The van der Waals surface area contributed by atoms with E-state index >= 15 is 0 Å². The molecule has 1 aromatic heterocycles. The van der Waals surface area contributed by atoms with Crippen LogP contribution in [-0.2, 0) is 24.4 Å². The van der Waals surface area contributed by atoms with Crippen molar-refractivity contribution in [3.63, 3.8) is 0 Å². The molecule has 10 nitrogen and oxygen atoms in total. The van der Waals surface area contributed by atoms with E-state index in [0.717, 1.165) is 0 Å². The van der Waals surface area contributed by atoms with Gasteiger partial charge in [0.25, 0.3) is 0 Å². The molecule has 27 heavy (non-hydrogen) atoms. The summed E-state index contributed by atoms with van der Waals surface area (Å²) in [5.41, 5.74) is 0.357. The highest BCUT2D eigenvalue weighted by molar-refractivity contribution is 7.91. The lowest BCUT2D eigenvalue weighted by atomic mass is 10.3. The molecule has 0 atom stereocenters. The maximum Gasteiger partial charge on any atom is 0.397 e. The van der Waals surface area contributed by atoms with E-state index in [2.05, 4.69) is 19.1 Å². The average molecular weight is 424 g/mol. The number of benzene rings is 1. The Hall–Kier alpha value is -2.29. The van der Waals surface area contributed by atoms with Crippen molar-refractivity contribution >= 4 is 31.9 Å². The lowest BCUT2D eigenvalue weighted by molar-refractivity contribution is 0.284. The van der Waals surface area contributed by atoms with Crippen LogP contribution in [-0.4, -0.2) is 55.2 Å². The summed E-state index contributed by atoms with van der Waals surface area (Å²) in [7, 11) is -8.63. The van der Waals surface area contributed by atoms with Crippen LogP contribution in [0.4, 0.5) is 20.4 Å². The largest absolute Gasteiger partial charge is 0.397 e. The van der Waals surface area contributed by atoms with Gasteiger partial charge in [0.05, 0.1) is 17.3 Å². The molecule has 1 N–H and O–H groups in total. The molecule has 2 aromatic rings. The average Bonchev–Trinajstić information content (AvgIpc) is 2.53. The molecule has 0 fully saturated rings. The molecule has 0 aliphatic carbocycles. The van der Waals surface area contributed by atoms with Gasteiger partial charge in [0.1, 0.15) is 0 Å². The van der Waals surface area contributed by atoms with E-state index in [9.17, 15) is 25.6 Å². The van der Waals surface area contributed by atoms with Gasteiger partial charge in [0, 0.05) is 12.2 Å². The number of nitrogens with zero attached hydrogens (tertiary/aromatic N) is 4. The Morgan fingerprint density at radius 2 is 1.59 bits per heavy atom. The molecule has 0 unspecified atom stereocenters. The van der Waals surface area contributed by atoms with E-state index in [0.29, 0.717) is 5.69 Å². The van der Waals surface area contributed by atoms with E-state index in [1.54, 1.807) is 6.92 Å². The fourth-order valence-corrected chi connectivity index (χ4v) is 3.57. The predicted octanol–water partition coefficient (Wildman–Crippen LogP) is 0.901. The van der Waals surface area contributed by atoms with Crippen LogP contribution in [0.15, 0.2) is 29.2 Å². The Kier molecular flexibility index (Phi) is 6.35. The van der Waals surface area contributed by atoms with Crippen molar-refractivity contribution in [2.75, 3.05) is 23.8 Å². The van der Waals surface area contributed by atoms with E-state index in [1.165, 1.54) is 29.2 Å². The van der Waals surface area contributed by atoms with Gasteiger partial charge in [-0.25, -0.2) is 12.6 Å². The van der Waals surface area contributed by atoms with E-state index in [4.69, 9.17) is 4.55 Å². The minimum absolute atomic E-state index is 0.144. The van der Waals surface area contributed by atoms with Crippen molar-refractivity contribution in [3.8, 4) is 0 Å². The summed E-state index contributed by atoms with van der Waals surface area (Å²) in [5, 5.41) is 0. The first-order valence-corrected chi connectivity index (χ1v) is 10.3. The van der Waals surface area contributed by atoms with Crippen LogP contribution < -0.4 is 4.90 Å². The molecule has 0 spiro atoms. The molecular formula is C13H14F2N4O6S2. The first-order chi connectivity index (χ1) is 12.5. The SMILES string of the molecule is CCN(c1ccc(S(=O)(=O)CCOS(=O)(=O)O)cc1)c1nc(F)nc(F)n1. The van der Waals surface area contributed by atoms with Crippen LogP contribution in [0.25, 0.3) is 0 Å². The van der Waals surface area contributed by atoms with Gasteiger partial charge in [-0.05, 0) is 31.2 Å². The maximum absolute atomic E-state index is 13.2. The molecule has 0 saturated heterocycles. The van der Waals surface area contributed by atoms with Crippen molar-refractivity contribution in [1.82, 2.24) is 15.0 Å². The second-order valence-electron chi connectivity index (χ2n) is 4.98. The quantitative estimate of drug-likeness (QED) is 0.608. The Bertz CT molecular complexity index is 995. The van der Waals surface area contributed by atoms with E-state index in [-0.39, 0.29) is 17.4 Å². The number of halogens is 2. The monoisotopic (exact) mass is 424 g/mol. The van der Waals surface area contributed by atoms with E-state index in [1.807, 2.05) is 0 Å². The molecule has 0 aliphatic heterocycles. The third-order valence-corrected chi connectivity index (χ3v) is 5.38. The zero-order valence-corrected chi connectivity index (χ0v) is 15.4. The van der Waals surface area contributed by atoms with Crippen LogP contribution in [0, 0.1) is 12.2 Å². The third-order valence-electron chi connectivity index (χ3n) is 3.22. The second kappa shape index (κ2) is 8.16. The van der Waals surface area contributed by atoms with Gasteiger partial charge in [-0.3, -0.25) is 4.55 Å². The summed E-state index contributed by atoms with van der Waals surface area (Å²) in [6.07, 6.45) is -2.59. The normalized spacial score (nSPS) is 12.1. The summed E-state index contributed by atoms with van der Waals surface area (Å²) in [6, 6.07) is 5.16. The Morgan fingerprint density at radius 3 is 2.07 bits per heavy atom. The molecule has 0 saturated carbocycles. The van der Waals surface area contributed by atoms with Crippen molar-refractivity contribution in [1.29, 1.82) is 0 Å². The van der Waals surface area contributed by atoms with Gasteiger partial charge in [0.2, 0.25) is 5.95 Å². The molecule has 0 bridgehead atoms. The maximum atomic E-state index is 13.2. The second-order valence-corrected chi connectivity index (χ2v) is 8.18. The van der Waals surface area contributed by atoms with Crippen LogP contribution in [0.1, 0.15) is 6.92 Å². The van der Waals surface area contributed by atoms with E-state index < -0.39 is 44.8 Å². The minimum atomic E-state index is -4.74. The predicted molar refractivity (Wildman–Crippen MR) is 88.4 cm³/mol. The number of anilines is 2. The highest BCUT2D eigenvalue weighted by atomic mass is 32.3. The zero-order valence-electron chi connectivity index (χ0n) is 13.8. The smallest absolute Gasteiger partial charge is 0.311 e. The molecule has 14 heteroatoms. The number of sulfone groups is 1. The molecule has 1 aromatic carbocycles. The Labute approximate surface area is 153 Å². The summed E-state index contributed by atoms with van der Waals surface area (Å²) in [5.74, 6) is -0.979. The number of hydrogen-bond acceptors (Lipinski definition) is 9. The third kappa shape index (κ3) is 5.85. The molecule has 148 valence electrons. The van der Waals surface area contributed by atoms with Crippen molar-refractivity contribution in [2.24, 2.45) is 0 Å². The molecule has 0 aliphatic rings. The lowest BCUT2D eigenvalue weighted by Crippen LogP contribution is -2.21. The fraction of sp³-hybridized carbons (Fsp3) is 0.308. The van der Waals surface area contributed by atoms with Crippen molar-refractivity contribution in [2.45, 2.75) is 11.8 Å².